The normalized spacial score (nSPS) is 24.9. The molecule has 2 bridgehead atoms. The molecule has 3 atom stereocenters. The second kappa shape index (κ2) is 10.4. The van der Waals surface area contributed by atoms with E-state index in [1.165, 1.54) is 12.1 Å². The van der Waals surface area contributed by atoms with Crippen LogP contribution in [-0.2, 0) is 22.7 Å². The summed E-state index contributed by atoms with van der Waals surface area (Å²) >= 11 is 5.71. The van der Waals surface area contributed by atoms with E-state index in [0.717, 1.165) is 36.8 Å². The number of alkyl halides is 3. The first-order valence-corrected chi connectivity index (χ1v) is 15.6. The molecule has 2 aliphatic carbocycles. The summed E-state index contributed by atoms with van der Waals surface area (Å²) in [5.41, 5.74) is 0.158. The first kappa shape index (κ1) is 28.7. The first-order valence-electron chi connectivity index (χ1n) is 13.7. The summed E-state index contributed by atoms with van der Waals surface area (Å²) in [6.07, 6.45) is 0.00454. The molecule has 1 amide bonds. The molecular formula is C28H28ClF5N2O4S. The smallest absolute Gasteiger partial charge is 0.416 e. The van der Waals surface area contributed by atoms with E-state index in [9.17, 15) is 30.8 Å². The van der Waals surface area contributed by atoms with Crippen molar-refractivity contribution in [2.45, 2.75) is 93.4 Å². The molecule has 13 heteroatoms. The van der Waals surface area contributed by atoms with E-state index in [1.807, 2.05) is 4.72 Å². The topological polar surface area (TPSA) is 75.7 Å². The van der Waals surface area contributed by atoms with E-state index in [4.69, 9.17) is 16.3 Å². The van der Waals surface area contributed by atoms with Crippen LogP contribution >= 0.6 is 11.6 Å². The molecule has 2 saturated heterocycles. The average molecular weight is 619 g/mol. The molecule has 2 saturated carbocycles. The van der Waals surface area contributed by atoms with Crippen LogP contribution in [0, 0.1) is 11.6 Å². The van der Waals surface area contributed by atoms with Gasteiger partial charge in [-0.25, -0.2) is 21.9 Å². The zero-order chi connectivity index (χ0) is 29.3. The van der Waals surface area contributed by atoms with E-state index in [0.29, 0.717) is 44.4 Å². The fourth-order valence-corrected chi connectivity index (χ4v) is 7.63. The highest BCUT2D eigenvalue weighted by Gasteiger charge is 2.43. The maximum absolute atomic E-state index is 15.2. The number of ether oxygens (including phenoxy) is 1. The van der Waals surface area contributed by atoms with E-state index in [2.05, 4.69) is 4.90 Å². The van der Waals surface area contributed by atoms with Gasteiger partial charge in [0.1, 0.15) is 11.9 Å². The lowest BCUT2D eigenvalue weighted by Crippen LogP contribution is -2.46. The van der Waals surface area contributed by atoms with Gasteiger partial charge in [-0.1, -0.05) is 11.6 Å². The van der Waals surface area contributed by atoms with Gasteiger partial charge < -0.3 is 4.74 Å². The lowest BCUT2D eigenvalue weighted by atomic mass is 9.95. The molecule has 1 N–H and O–H groups in total. The Bertz CT molecular complexity index is 1480. The van der Waals surface area contributed by atoms with Crippen LogP contribution in [0.15, 0.2) is 24.3 Å². The van der Waals surface area contributed by atoms with Gasteiger partial charge in [-0.2, -0.15) is 13.2 Å². The molecular weight excluding hydrogens is 591 g/mol. The molecule has 41 heavy (non-hydrogen) atoms. The summed E-state index contributed by atoms with van der Waals surface area (Å²) in [6.45, 7) is 0.400. The Morgan fingerprint density at radius 3 is 2.24 bits per heavy atom. The Balaban J connectivity index is 1.18. The Labute approximate surface area is 239 Å². The highest BCUT2D eigenvalue weighted by Crippen LogP contribution is 2.45. The van der Waals surface area contributed by atoms with E-state index in [1.54, 1.807) is 0 Å². The van der Waals surface area contributed by atoms with E-state index in [-0.39, 0.29) is 23.6 Å². The predicted octanol–water partition coefficient (Wildman–Crippen LogP) is 6.31. The molecule has 2 heterocycles. The number of nitrogens with zero attached hydrogens (tertiary/aromatic N) is 1. The number of benzene rings is 2. The van der Waals surface area contributed by atoms with E-state index < -0.39 is 61.4 Å². The number of halogens is 6. The Kier molecular flexibility index (Phi) is 7.26. The lowest BCUT2D eigenvalue weighted by Gasteiger charge is -2.39. The van der Waals surface area contributed by atoms with Crippen LogP contribution in [0.25, 0.3) is 0 Å². The third-order valence-corrected chi connectivity index (χ3v) is 10.6. The van der Waals surface area contributed by atoms with Gasteiger partial charge in [-0.05, 0) is 92.7 Å². The molecule has 2 aromatic carbocycles. The molecule has 6 rings (SSSR count). The highest BCUT2D eigenvalue weighted by molar-refractivity contribution is 7.91. The minimum Gasteiger partial charge on any atom is -0.487 e. The molecule has 0 aromatic heterocycles. The molecule has 0 spiro atoms. The number of piperidine rings is 1. The summed E-state index contributed by atoms with van der Waals surface area (Å²) in [6, 6.07) is 3.93. The molecule has 6 nitrogen and oxygen atoms in total. The molecule has 0 radical (unpaired) electrons. The van der Waals surface area contributed by atoms with Crippen molar-refractivity contribution >= 4 is 27.5 Å². The number of rotatable bonds is 8. The quantitative estimate of drug-likeness (QED) is 0.351. The van der Waals surface area contributed by atoms with Crippen molar-refractivity contribution < 1.29 is 39.9 Å². The third-order valence-electron chi connectivity index (χ3n) is 8.50. The summed E-state index contributed by atoms with van der Waals surface area (Å²) in [5, 5.41) is -1.27. The third kappa shape index (κ3) is 5.92. The first-order chi connectivity index (χ1) is 19.3. The number of carbonyl (C=O) groups excluding carboxylic acids is 1. The summed E-state index contributed by atoms with van der Waals surface area (Å²) in [4.78, 5) is 14.9. The monoisotopic (exact) mass is 618 g/mol. The second-order valence-electron chi connectivity index (χ2n) is 11.5. The predicted molar refractivity (Wildman–Crippen MR) is 140 cm³/mol. The fraction of sp³-hybridized carbons (Fsp3) is 0.536. The Morgan fingerprint density at radius 1 is 1.00 bits per heavy atom. The van der Waals surface area contributed by atoms with Crippen LogP contribution in [0.2, 0.25) is 5.02 Å². The van der Waals surface area contributed by atoms with Crippen molar-refractivity contribution in [3.63, 3.8) is 0 Å². The van der Waals surface area contributed by atoms with Crippen LogP contribution in [0.5, 0.6) is 5.75 Å². The van der Waals surface area contributed by atoms with Crippen LogP contribution < -0.4 is 9.46 Å². The van der Waals surface area contributed by atoms with Crippen LogP contribution in [0.4, 0.5) is 22.0 Å². The van der Waals surface area contributed by atoms with Gasteiger partial charge >= 0.3 is 6.18 Å². The Hall–Kier alpha value is -2.44. The summed E-state index contributed by atoms with van der Waals surface area (Å²) in [7, 11) is -3.82. The van der Waals surface area contributed by atoms with Crippen molar-refractivity contribution in [2.24, 2.45) is 0 Å². The number of hydrogen-bond acceptors (Lipinski definition) is 5. The van der Waals surface area contributed by atoms with Gasteiger partial charge in [-0.3, -0.25) is 9.69 Å². The molecule has 2 aromatic rings. The number of fused-ring (bicyclic) bond motifs is 2. The maximum atomic E-state index is 15.2. The molecule has 4 aliphatic rings. The van der Waals surface area contributed by atoms with Crippen molar-refractivity contribution in [3.05, 3.63) is 63.2 Å². The zero-order valence-electron chi connectivity index (χ0n) is 21.8. The maximum Gasteiger partial charge on any atom is 0.416 e. The minimum absolute atomic E-state index is 0.00939. The number of hydrogen-bond donors (Lipinski definition) is 1. The molecule has 2 aliphatic heterocycles. The van der Waals surface area contributed by atoms with Gasteiger partial charge in [0, 0.05) is 18.6 Å². The summed E-state index contributed by atoms with van der Waals surface area (Å²) in [5.74, 6) is -3.17. The van der Waals surface area contributed by atoms with Crippen LogP contribution in [0.1, 0.15) is 84.3 Å². The van der Waals surface area contributed by atoms with Crippen LogP contribution in [-0.4, -0.2) is 42.7 Å². The second-order valence-corrected chi connectivity index (χ2v) is 13.9. The SMILES string of the molecule is O=C(NS(=O)(=O)C1CC1)c1cc(C2CC2)c(CN2C3CC[C@H]2CC(Oc2cc(C(F)(F)F)cc(Cl)c2F)C3)cc1F. The van der Waals surface area contributed by atoms with Crippen LogP contribution in [0.3, 0.4) is 0 Å². The zero-order valence-corrected chi connectivity index (χ0v) is 23.4. The van der Waals surface area contributed by atoms with Gasteiger partial charge in [0.15, 0.2) is 11.6 Å². The molecule has 222 valence electrons. The van der Waals surface area contributed by atoms with Crippen molar-refractivity contribution in [3.8, 4) is 5.75 Å². The molecule has 2 unspecified atom stereocenters. The van der Waals surface area contributed by atoms with Gasteiger partial charge in [0.05, 0.1) is 21.4 Å². The largest absolute Gasteiger partial charge is 0.487 e. The Morgan fingerprint density at radius 2 is 1.66 bits per heavy atom. The highest BCUT2D eigenvalue weighted by atomic mass is 35.5. The fourth-order valence-electron chi connectivity index (χ4n) is 6.13. The number of nitrogens with one attached hydrogen (secondary N) is 1. The number of carbonyl (C=O) groups is 1. The van der Waals surface area contributed by atoms with Crippen molar-refractivity contribution in [1.29, 1.82) is 0 Å². The van der Waals surface area contributed by atoms with Crippen molar-refractivity contribution in [1.82, 2.24) is 9.62 Å². The minimum atomic E-state index is -4.70. The average Bonchev–Trinajstić information content (AvgIpc) is 3.79. The number of sulfonamides is 1. The summed E-state index contributed by atoms with van der Waals surface area (Å²) < 4.78 is 102. The van der Waals surface area contributed by atoms with Gasteiger partial charge in [-0.15, -0.1) is 0 Å². The standard InChI is InChI=1S/C28H28ClF5N2O4S/c29-23-8-16(28(32,33)34)9-25(26(23)31)40-19-10-17-3-4-18(11-19)36(17)13-15-7-24(30)22(12-21(15)14-1-2-14)27(37)35-41(38,39)20-5-6-20/h7-9,12,14,17-20H,1-6,10-11,13H2,(H,35,37)/t17-,18?,19?/m0/s1. The van der Waals surface area contributed by atoms with Gasteiger partial charge in [0.25, 0.3) is 5.91 Å². The molecule has 4 fully saturated rings. The van der Waals surface area contributed by atoms with E-state index >= 15 is 4.39 Å². The van der Waals surface area contributed by atoms with Gasteiger partial charge in [0.2, 0.25) is 10.0 Å². The lowest BCUT2D eigenvalue weighted by molar-refractivity contribution is -0.137. The number of amides is 1. The van der Waals surface area contributed by atoms with Crippen molar-refractivity contribution in [2.75, 3.05) is 0 Å².